The predicted octanol–water partition coefficient (Wildman–Crippen LogP) is 1.87. The summed E-state index contributed by atoms with van der Waals surface area (Å²) in [7, 11) is 0. The first-order valence-electron chi connectivity index (χ1n) is 2.32. The monoisotopic (exact) mass is 164 g/mol. The van der Waals surface area contributed by atoms with Gasteiger partial charge < -0.3 is 0 Å². The van der Waals surface area contributed by atoms with Crippen LogP contribution in [0.25, 0.3) is 0 Å². The first kappa shape index (κ1) is 6.95. The van der Waals surface area contributed by atoms with Crippen molar-refractivity contribution < 1.29 is 4.39 Å². The van der Waals surface area contributed by atoms with Crippen LogP contribution in [-0.4, -0.2) is 16.2 Å². The zero-order valence-electron chi connectivity index (χ0n) is 4.80. The van der Waals surface area contributed by atoms with Crippen LogP contribution < -0.4 is 0 Å². The van der Waals surface area contributed by atoms with Gasteiger partial charge in [-0.2, -0.15) is 0 Å². The zero-order valence-corrected chi connectivity index (χ0v) is 6.43. The number of nitrogens with zero attached hydrogens (tertiary/aromatic N) is 2. The van der Waals surface area contributed by atoms with Crippen LogP contribution in [0.3, 0.4) is 0 Å². The fourth-order valence-corrected chi connectivity index (χ4v) is 1.72. The molecule has 1 aromatic rings. The minimum Gasteiger partial charge on any atom is -0.239 e. The van der Waals surface area contributed by atoms with E-state index in [9.17, 15) is 4.39 Å². The summed E-state index contributed by atoms with van der Waals surface area (Å²) >= 11 is 2.49. The summed E-state index contributed by atoms with van der Waals surface area (Å²) in [6.45, 7) is 1.85. The summed E-state index contributed by atoms with van der Waals surface area (Å²) in [6.07, 6.45) is 0. The van der Waals surface area contributed by atoms with E-state index in [4.69, 9.17) is 0 Å². The van der Waals surface area contributed by atoms with Crippen molar-refractivity contribution in [3.63, 3.8) is 0 Å². The summed E-state index contributed by atoms with van der Waals surface area (Å²) in [5.74, 6) is 0. The maximum atomic E-state index is 11.6. The Morgan fingerprint density at radius 3 is 2.89 bits per heavy atom. The molecule has 0 spiro atoms. The van der Waals surface area contributed by atoms with Gasteiger partial charge in [0.2, 0.25) is 0 Å². The highest BCUT2D eigenvalue weighted by molar-refractivity contribution is 8.00. The summed E-state index contributed by atoms with van der Waals surface area (Å²) in [4.78, 5) is 0. The Bertz CT molecular complexity index is 188. The van der Waals surface area contributed by atoms with Gasteiger partial charge in [0.05, 0.1) is 0 Å². The Balaban J connectivity index is 2.61. The van der Waals surface area contributed by atoms with Crippen LogP contribution in [0.4, 0.5) is 4.39 Å². The number of hydrogen-bond acceptors (Lipinski definition) is 4. The van der Waals surface area contributed by atoms with E-state index in [1.807, 2.05) is 6.92 Å². The number of alkyl halides is 1. The topological polar surface area (TPSA) is 25.8 Å². The normalized spacial score (nSPS) is 10.0. The van der Waals surface area contributed by atoms with Crippen LogP contribution in [0, 0.1) is 6.92 Å². The molecule has 0 N–H and O–H groups in total. The molecule has 0 aliphatic rings. The lowest BCUT2D eigenvalue weighted by molar-refractivity contribution is 0.605. The van der Waals surface area contributed by atoms with E-state index in [1.54, 1.807) is 0 Å². The molecule has 9 heavy (non-hydrogen) atoms. The van der Waals surface area contributed by atoms with Gasteiger partial charge in [0, 0.05) is 0 Å². The Kier molecular flexibility index (Phi) is 2.41. The minimum absolute atomic E-state index is 0.422. The van der Waals surface area contributed by atoms with Crippen molar-refractivity contribution in [1.29, 1.82) is 0 Å². The third-order valence-electron chi connectivity index (χ3n) is 0.686. The average molecular weight is 164 g/mol. The van der Waals surface area contributed by atoms with Crippen molar-refractivity contribution in [2.75, 3.05) is 6.01 Å². The van der Waals surface area contributed by atoms with Crippen LogP contribution >= 0.6 is 23.1 Å². The van der Waals surface area contributed by atoms with Crippen LogP contribution in [0.5, 0.6) is 0 Å². The molecule has 1 heterocycles. The Morgan fingerprint density at radius 2 is 2.44 bits per heavy atom. The molecule has 0 saturated heterocycles. The molecule has 0 radical (unpaired) electrons. The molecule has 0 fully saturated rings. The molecular formula is C4H5FN2S2. The van der Waals surface area contributed by atoms with Gasteiger partial charge in [0.25, 0.3) is 0 Å². The Labute approximate surface area is 60.5 Å². The van der Waals surface area contributed by atoms with Crippen molar-refractivity contribution in [3.8, 4) is 0 Å². The smallest absolute Gasteiger partial charge is 0.176 e. The highest BCUT2D eigenvalue weighted by Crippen LogP contribution is 2.21. The lowest BCUT2D eigenvalue weighted by Crippen LogP contribution is -1.69. The van der Waals surface area contributed by atoms with Crippen molar-refractivity contribution in [2.45, 2.75) is 11.3 Å². The average Bonchev–Trinajstić information content (AvgIpc) is 2.17. The Morgan fingerprint density at radius 1 is 1.67 bits per heavy atom. The van der Waals surface area contributed by atoms with Crippen molar-refractivity contribution in [3.05, 3.63) is 5.01 Å². The molecule has 5 heteroatoms. The van der Waals surface area contributed by atoms with E-state index < -0.39 is 6.01 Å². The Hall–Kier alpha value is -0.160. The summed E-state index contributed by atoms with van der Waals surface area (Å²) in [5.41, 5.74) is 0. The molecule has 0 aliphatic carbocycles. The van der Waals surface area contributed by atoms with Gasteiger partial charge in [0.1, 0.15) is 11.0 Å². The quantitative estimate of drug-likeness (QED) is 0.624. The van der Waals surface area contributed by atoms with Gasteiger partial charge in [-0.15, -0.1) is 10.2 Å². The summed E-state index contributed by atoms with van der Waals surface area (Å²) in [6, 6.07) is -0.422. The second-order valence-electron chi connectivity index (χ2n) is 1.34. The van der Waals surface area contributed by atoms with Gasteiger partial charge in [-0.1, -0.05) is 23.1 Å². The van der Waals surface area contributed by atoms with E-state index in [-0.39, 0.29) is 0 Å². The maximum Gasteiger partial charge on any atom is 0.176 e. The first-order valence-corrected chi connectivity index (χ1v) is 4.12. The molecule has 2 nitrogen and oxygen atoms in total. The number of aromatic nitrogens is 2. The van der Waals surface area contributed by atoms with Crippen molar-refractivity contribution in [2.24, 2.45) is 0 Å². The van der Waals surface area contributed by atoms with E-state index in [1.165, 1.54) is 11.3 Å². The molecule has 1 aromatic heterocycles. The van der Waals surface area contributed by atoms with E-state index in [0.717, 1.165) is 16.8 Å². The second kappa shape index (κ2) is 3.12. The van der Waals surface area contributed by atoms with Gasteiger partial charge in [-0.25, -0.2) is 4.39 Å². The fraction of sp³-hybridized carbons (Fsp3) is 0.500. The van der Waals surface area contributed by atoms with Crippen LogP contribution in [-0.2, 0) is 0 Å². The molecule has 0 saturated carbocycles. The molecule has 0 aliphatic heterocycles. The van der Waals surface area contributed by atoms with E-state index in [2.05, 4.69) is 10.2 Å². The molecule has 0 amide bonds. The standard InChI is InChI=1S/C4H5FN2S2/c1-3-6-7-4(9-3)8-2-5/h2H2,1H3. The van der Waals surface area contributed by atoms with Gasteiger partial charge in [-0.05, 0) is 6.92 Å². The van der Waals surface area contributed by atoms with Crippen molar-refractivity contribution in [1.82, 2.24) is 10.2 Å². The van der Waals surface area contributed by atoms with Gasteiger partial charge in [0.15, 0.2) is 4.34 Å². The number of halogens is 1. The molecular weight excluding hydrogens is 159 g/mol. The first-order chi connectivity index (χ1) is 4.33. The highest BCUT2D eigenvalue weighted by Gasteiger charge is 1.98. The number of aryl methyl sites for hydroxylation is 1. The van der Waals surface area contributed by atoms with E-state index >= 15 is 0 Å². The van der Waals surface area contributed by atoms with Gasteiger partial charge >= 0.3 is 0 Å². The van der Waals surface area contributed by atoms with Crippen LogP contribution in [0.15, 0.2) is 4.34 Å². The lowest BCUT2D eigenvalue weighted by atomic mass is 10.9. The molecule has 0 unspecified atom stereocenters. The van der Waals surface area contributed by atoms with Crippen LogP contribution in [0.1, 0.15) is 5.01 Å². The summed E-state index contributed by atoms with van der Waals surface area (Å²) < 4.78 is 12.3. The van der Waals surface area contributed by atoms with E-state index in [0.29, 0.717) is 4.34 Å². The number of hydrogen-bond donors (Lipinski definition) is 0. The molecule has 1 rings (SSSR count). The third kappa shape index (κ3) is 1.91. The van der Waals surface area contributed by atoms with Gasteiger partial charge in [-0.3, -0.25) is 0 Å². The fourth-order valence-electron chi connectivity index (χ4n) is 0.383. The number of thioether (sulfide) groups is 1. The zero-order chi connectivity index (χ0) is 6.69. The minimum atomic E-state index is -0.422. The van der Waals surface area contributed by atoms with Crippen molar-refractivity contribution >= 4 is 23.1 Å². The molecule has 50 valence electrons. The van der Waals surface area contributed by atoms with Crippen LogP contribution in [0.2, 0.25) is 0 Å². The number of rotatable bonds is 2. The molecule has 0 bridgehead atoms. The second-order valence-corrected chi connectivity index (χ2v) is 3.67. The third-order valence-corrected chi connectivity index (χ3v) is 2.36. The molecule has 0 atom stereocenters. The predicted molar refractivity (Wildman–Crippen MR) is 36.5 cm³/mol. The SMILES string of the molecule is Cc1nnc(SCF)s1. The highest BCUT2D eigenvalue weighted by atomic mass is 32.2. The maximum absolute atomic E-state index is 11.6. The summed E-state index contributed by atoms with van der Waals surface area (Å²) in [5, 5.41) is 8.29. The lowest BCUT2D eigenvalue weighted by Gasteiger charge is -1.80. The largest absolute Gasteiger partial charge is 0.239 e. The molecule has 0 aromatic carbocycles.